The van der Waals surface area contributed by atoms with E-state index in [9.17, 15) is 27.1 Å². The number of aromatic nitrogens is 1. The fourth-order valence-electron chi connectivity index (χ4n) is 4.00. The number of H-pyrrole nitrogens is 1. The standard InChI is InChI=1S/C22H22F5NO/c1-13-7-8-15(23)10-17(13)20(2,3)12-21(29,22(25,26)27)11-16-9-14-5-4-6-18(24)19(14)28-16/h4-10,28-29H,11-12H2,1-3H3. The highest BCUT2D eigenvalue weighted by Crippen LogP contribution is 2.44. The number of aromatic amines is 1. The van der Waals surface area contributed by atoms with Gasteiger partial charge in [0, 0.05) is 17.5 Å². The lowest BCUT2D eigenvalue weighted by Gasteiger charge is -2.38. The number of hydrogen-bond donors (Lipinski definition) is 2. The average Bonchev–Trinajstić information content (AvgIpc) is 2.99. The van der Waals surface area contributed by atoms with E-state index in [1.807, 2.05) is 0 Å². The number of fused-ring (bicyclic) bond motifs is 1. The molecule has 156 valence electrons. The van der Waals surface area contributed by atoms with Gasteiger partial charge in [0.25, 0.3) is 0 Å². The molecule has 0 amide bonds. The minimum absolute atomic E-state index is 0.0664. The summed E-state index contributed by atoms with van der Waals surface area (Å²) >= 11 is 0. The number of alkyl halides is 3. The molecule has 1 aromatic heterocycles. The maximum absolute atomic E-state index is 13.9. The van der Waals surface area contributed by atoms with Crippen LogP contribution in [-0.4, -0.2) is 21.9 Å². The fraction of sp³-hybridized carbons (Fsp3) is 0.364. The van der Waals surface area contributed by atoms with Crippen LogP contribution in [0.4, 0.5) is 22.0 Å². The van der Waals surface area contributed by atoms with Gasteiger partial charge in [0.05, 0.1) is 5.52 Å². The first-order valence-electron chi connectivity index (χ1n) is 9.14. The summed E-state index contributed by atoms with van der Waals surface area (Å²) in [5, 5.41) is 11.1. The SMILES string of the molecule is Cc1ccc(F)cc1C(C)(C)CC(O)(Cc1cc2cccc(F)c2[nH]1)C(F)(F)F. The highest BCUT2D eigenvalue weighted by molar-refractivity contribution is 5.80. The van der Waals surface area contributed by atoms with Crippen LogP contribution in [0.1, 0.15) is 37.1 Å². The molecule has 0 bridgehead atoms. The van der Waals surface area contributed by atoms with Crippen molar-refractivity contribution in [3.05, 3.63) is 70.9 Å². The molecule has 3 aromatic rings. The molecule has 0 fully saturated rings. The van der Waals surface area contributed by atoms with Crippen LogP contribution in [0.15, 0.2) is 42.5 Å². The van der Waals surface area contributed by atoms with Crippen LogP contribution in [0.2, 0.25) is 0 Å². The van der Waals surface area contributed by atoms with Crippen molar-refractivity contribution in [1.82, 2.24) is 4.98 Å². The topological polar surface area (TPSA) is 36.0 Å². The third kappa shape index (κ3) is 4.15. The number of benzene rings is 2. The van der Waals surface area contributed by atoms with E-state index in [2.05, 4.69) is 4.98 Å². The van der Waals surface area contributed by atoms with Crippen molar-refractivity contribution in [3.8, 4) is 0 Å². The van der Waals surface area contributed by atoms with E-state index in [1.54, 1.807) is 13.0 Å². The second-order valence-electron chi connectivity index (χ2n) is 8.22. The molecule has 2 aromatic carbocycles. The molecule has 0 saturated carbocycles. The molecule has 29 heavy (non-hydrogen) atoms. The minimum Gasteiger partial charge on any atom is -0.380 e. The van der Waals surface area contributed by atoms with Crippen molar-refractivity contribution in [1.29, 1.82) is 0 Å². The summed E-state index contributed by atoms with van der Waals surface area (Å²) in [6.45, 7) is 4.76. The highest BCUT2D eigenvalue weighted by Gasteiger charge is 2.56. The summed E-state index contributed by atoms with van der Waals surface area (Å²) in [6, 6.07) is 9.57. The molecular formula is C22H22F5NO. The van der Waals surface area contributed by atoms with Gasteiger partial charge in [0.1, 0.15) is 11.6 Å². The van der Waals surface area contributed by atoms with Crippen LogP contribution < -0.4 is 0 Å². The molecule has 0 aliphatic carbocycles. The summed E-state index contributed by atoms with van der Waals surface area (Å²) in [6.07, 6.45) is -6.41. The maximum Gasteiger partial charge on any atom is 0.417 e. The maximum atomic E-state index is 13.9. The highest BCUT2D eigenvalue weighted by atomic mass is 19.4. The van der Waals surface area contributed by atoms with Crippen LogP contribution in [0, 0.1) is 18.6 Å². The molecule has 2 N–H and O–H groups in total. The molecule has 7 heteroatoms. The average molecular weight is 411 g/mol. The van der Waals surface area contributed by atoms with Crippen molar-refractivity contribution < 1.29 is 27.1 Å². The van der Waals surface area contributed by atoms with Gasteiger partial charge in [-0.25, -0.2) is 8.78 Å². The Bertz CT molecular complexity index is 1040. The molecule has 2 nitrogen and oxygen atoms in total. The number of aliphatic hydroxyl groups is 1. The predicted octanol–water partition coefficient (Wildman–Crippen LogP) is 5.96. The summed E-state index contributed by atoms with van der Waals surface area (Å²) < 4.78 is 69.4. The first-order chi connectivity index (χ1) is 13.3. The van der Waals surface area contributed by atoms with Gasteiger partial charge in [-0.2, -0.15) is 13.2 Å². The summed E-state index contributed by atoms with van der Waals surface area (Å²) in [5.41, 5.74) is -3.08. The minimum atomic E-state index is -4.94. The lowest BCUT2D eigenvalue weighted by molar-refractivity contribution is -0.266. The van der Waals surface area contributed by atoms with Crippen molar-refractivity contribution >= 4 is 10.9 Å². The number of aryl methyl sites for hydroxylation is 1. The smallest absolute Gasteiger partial charge is 0.380 e. The van der Waals surface area contributed by atoms with E-state index in [0.29, 0.717) is 16.5 Å². The normalized spacial score (nSPS) is 14.9. The van der Waals surface area contributed by atoms with Crippen molar-refractivity contribution in [2.45, 2.75) is 50.8 Å². The first-order valence-corrected chi connectivity index (χ1v) is 9.14. The van der Waals surface area contributed by atoms with Crippen LogP contribution in [-0.2, 0) is 11.8 Å². The molecule has 1 atom stereocenters. The van der Waals surface area contributed by atoms with Gasteiger partial charge in [0.2, 0.25) is 0 Å². The Morgan fingerprint density at radius 1 is 1.00 bits per heavy atom. The Morgan fingerprint density at radius 3 is 2.31 bits per heavy atom. The van der Waals surface area contributed by atoms with Gasteiger partial charge in [-0.05, 0) is 54.2 Å². The number of halogens is 5. The number of nitrogens with one attached hydrogen (secondary N) is 1. The van der Waals surface area contributed by atoms with Gasteiger partial charge >= 0.3 is 6.18 Å². The van der Waals surface area contributed by atoms with Gasteiger partial charge in [-0.3, -0.25) is 0 Å². The monoisotopic (exact) mass is 411 g/mol. The van der Waals surface area contributed by atoms with E-state index in [-0.39, 0.29) is 11.2 Å². The second-order valence-corrected chi connectivity index (χ2v) is 8.22. The zero-order valence-corrected chi connectivity index (χ0v) is 16.3. The van der Waals surface area contributed by atoms with E-state index < -0.39 is 41.7 Å². The van der Waals surface area contributed by atoms with Gasteiger partial charge < -0.3 is 10.1 Å². The molecule has 0 aliphatic heterocycles. The van der Waals surface area contributed by atoms with Gasteiger partial charge in [0.15, 0.2) is 5.60 Å². The Morgan fingerprint density at radius 2 is 1.69 bits per heavy atom. The Hall–Kier alpha value is -2.41. The van der Waals surface area contributed by atoms with Gasteiger partial charge in [-0.15, -0.1) is 0 Å². The zero-order valence-electron chi connectivity index (χ0n) is 16.3. The lowest BCUT2D eigenvalue weighted by Crippen LogP contribution is -2.51. The first kappa shape index (κ1) is 21.3. The predicted molar refractivity (Wildman–Crippen MR) is 102 cm³/mol. The third-order valence-corrected chi connectivity index (χ3v) is 5.33. The molecule has 1 unspecified atom stereocenters. The molecular weight excluding hydrogens is 389 g/mol. The lowest BCUT2D eigenvalue weighted by atomic mass is 9.72. The third-order valence-electron chi connectivity index (χ3n) is 5.33. The number of hydrogen-bond acceptors (Lipinski definition) is 1. The Labute approximate surface area is 165 Å². The largest absolute Gasteiger partial charge is 0.417 e. The molecule has 0 spiro atoms. The fourth-order valence-corrected chi connectivity index (χ4v) is 4.00. The Balaban J connectivity index is 2.00. The van der Waals surface area contributed by atoms with E-state index in [4.69, 9.17) is 0 Å². The Kier molecular flexibility index (Phi) is 5.24. The van der Waals surface area contributed by atoms with Crippen molar-refractivity contribution in [2.75, 3.05) is 0 Å². The molecule has 0 saturated heterocycles. The molecule has 0 aliphatic rings. The van der Waals surface area contributed by atoms with Crippen molar-refractivity contribution in [3.63, 3.8) is 0 Å². The van der Waals surface area contributed by atoms with Crippen LogP contribution in [0.3, 0.4) is 0 Å². The summed E-state index contributed by atoms with van der Waals surface area (Å²) in [5.74, 6) is -1.14. The van der Waals surface area contributed by atoms with E-state index >= 15 is 0 Å². The van der Waals surface area contributed by atoms with Gasteiger partial charge in [-0.1, -0.05) is 32.0 Å². The molecule has 1 heterocycles. The van der Waals surface area contributed by atoms with Crippen LogP contribution in [0.5, 0.6) is 0 Å². The molecule has 3 rings (SSSR count). The summed E-state index contributed by atoms with van der Waals surface area (Å²) in [7, 11) is 0. The molecule has 0 radical (unpaired) electrons. The summed E-state index contributed by atoms with van der Waals surface area (Å²) in [4.78, 5) is 2.64. The number of rotatable bonds is 5. The number of para-hydroxylation sites is 1. The second kappa shape index (κ2) is 7.13. The van der Waals surface area contributed by atoms with E-state index in [1.165, 1.54) is 50.2 Å². The zero-order chi connectivity index (χ0) is 21.6. The van der Waals surface area contributed by atoms with Crippen LogP contribution in [0.25, 0.3) is 10.9 Å². The van der Waals surface area contributed by atoms with E-state index in [0.717, 1.165) is 0 Å². The van der Waals surface area contributed by atoms with Crippen LogP contribution >= 0.6 is 0 Å². The van der Waals surface area contributed by atoms with Crippen molar-refractivity contribution in [2.24, 2.45) is 0 Å². The quantitative estimate of drug-likeness (QED) is 0.500.